The number of hydrogen-bond donors (Lipinski definition) is 0. The van der Waals surface area contributed by atoms with Crippen molar-refractivity contribution in [2.45, 2.75) is 33.1 Å². The molecule has 1 aromatic heterocycles. The minimum Gasteiger partial charge on any atom is -0.367 e. The maximum absolute atomic E-state index is 14.0. The normalized spacial score (nSPS) is 15.7. The molecule has 0 atom stereocenters. The highest BCUT2D eigenvalue weighted by Crippen LogP contribution is 2.32. The van der Waals surface area contributed by atoms with Gasteiger partial charge in [0.1, 0.15) is 11.9 Å². The second-order valence-corrected chi connectivity index (χ2v) is 9.25. The van der Waals surface area contributed by atoms with E-state index in [0.29, 0.717) is 60.3 Å². The number of fused-ring (bicyclic) bond motifs is 1. The van der Waals surface area contributed by atoms with Gasteiger partial charge in [-0.1, -0.05) is 19.8 Å². The first-order valence-corrected chi connectivity index (χ1v) is 11.2. The predicted octanol–water partition coefficient (Wildman–Crippen LogP) is 3.20. The summed E-state index contributed by atoms with van der Waals surface area (Å²) in [4.78, 5) is 6.29. The average Bonchev–Trinajstić information content (AvgIpc) is 2.67. The fraction of sp³-hybridized carbons (Fsp3) is 0.500. The van der Waals surface area contributed by atoms with Gasteiger partial charge in [-0.05, 0) is 31.0 Å². The minimum absolute atomic E-state index is 0.173. The smallest absolute Gasteiger partial charge is 0.214 e. The van der Waals surface area contributed by atoms with Gasteiger partial charge < -0.3 is 4.90 Å². The van der Waals surface area contributed by atoms with Crippen LogP contribution in [0.5, 0.6) is 0 Å². The number of pyridine rings is 1. The fourth-order valence-electron chi connectivity index (χ4n) is 3.70. The van der Waals surface area contributed by atoms with Gasteiger partial charge in [0.2, 0.25) is 10.0 Å². The van der Waals surface area contributed by atoms with E-state index in [1.54, 1.807) is 6.92 Å². The molecular weight excluding hydrogens is 379 g/mol. The van der Waals surface area contributed by atoms with Crippen LogP contribution in [0.3, 0.4) is 0 Å². The molecule has 0 spiro atoms. The lowest BCUT2D eigenvalue weighted by atomic mass is 10.0. The van der Waals surface area contributed by atoms with E-state index < -0.39 is 10.0 Å². The van der Waals surface area contributed by atoms with Crippen molar-refractivity contribution in [3.05, 3.63) is 35.3 Å². The Bertz CT molecular complexity index is 1010. The summed E-state index contributed by atoms with van der Waals surface area (Å²) in [5.74, 6) is -0.201. The number of aromatic nitrogens is 1. The highest BCUT2D eigenvalue weighted by Gasteiger charge is 2.28. The number of nitrogens with zero attached hydrogens (tertiary/aromatic N) is 4. The topological polar surface area (TPSA) is 77.3 Å². The first-order chi connectivity index (χ1) is 13.4. The molecule has 3 rings (SSSR count). The van der Waals surface area contributed by atoms with Crippen LogP contribution >= 0.6 is 0 Å². The van der Waals surface area contributed by atoms with E-state index in [1.807, 2.05) is 11.8 Å². The predicted molar refractivity (Wildman–Crippen MR) is 108 cm³/mol. The monoisotopic (exact) mass is 404 g/mol. The first kappa shape index (κ1) is 20.5. The summed E-state index contributed by atoms with van der Waals surface area (Å²) >= 11 is 0. The van der Waals surface area contributed by atoms with Crippen molar-refractivity contribution in [1.29, 1.82) is 5.26 Å². The van der Waals surface area contributed by atoms with E-state index in [9.17, 15) is 18.1 Å². The third kappa shape index (κ3) is 4.10. The van der Waals surface area contributed by atoms with E-state index >= 15 is 0 Å². The van der Waals surface area contributed by atoms with Gasteiger partial charge in [-0.15, -0.1) is 0 Å². The molecule has 1 aliphatic rings. The van der Waals surface area contributed by atoms with Crippen LogP contribution in [0, 0.1) is 24.1 Å². The molecule has 0 aliphatic carbocycles. The molecular formula is C20H25FN4O2S. The number of anilines is 1. The number of hydrogen-bond acceptors (Lipinski definition) is 5. The zero-order chi connectivity index (χ0) is 20.3. The summed E-state index contributed by atoms with van der Waals surface area (Å²) in [7, 11) is -3.26. The standard InChI is InChI=1S/C20H25FN4O2S/c1-3-4-5-10-28(26,27)25-8-6-24(7-9-25)20-16(13-22)14-23-19-15(2)11-17(21)12-18(19)20/h11-12,14H,3-10H2,1-2H3. The van der Waals surface area contributed by atoms with E-state index in [4.69, 9.17) is 0 Å². The molecule has 1 saturated heterocycles. The van der Waals surface area contributed by atoms with Crippen LogP contribution in [0.1, 0.15) is 37.3 Å². The lowest BCUT2D eigenvalue weighted by molar-refractivity contribution is 0.384. The molecule has 1 fully saturated rings. The molecule has 0 saturated carbocycles. The Balaban J connectivity index is 1.87. The second kappa shape index (κ2) is 8.41. The summed E-state index contributed by atoms with van der Waals surface area (Å²) in [6.45, 7) is 5.46. The van der Waals surface area contributed by atoms with Crippen LogP contribution in [0.15, 0.2) is 18.3 Å². The molecule has 6 nitrogen and oxygen atoms in total. The molecule has 1 aliphatic heterocycles. The number of halogens is 1. The van der Waals surface area contributed by atoms with Crippen molar-refractivity contribution in [1.82, 2.24) is 9.29 Å². The SMILES string of the molecule is CCCCCS(=O)(=O)N1CCN(c2c(C#N)cnc3c(C)cc(F)cc23)CC1. The highest BCUT2D eigenvalue weighted by molar-refractivity contribution is 7.89. The lowest BCUT2D eigenvalue weighted by Crippen LogP contribution is -2.49. The Morgan fingerprint density at radius 2 is 1.93 bits per heavy atom. The number of benzene rings is 1. The summed E-state index contributed by atoms with van der Waals surface area (Å²) in [5, 5.41) is 10.1. The molecule has 0 N–H and O–H groups in total. The van der Waals surface area contributed by atoms with E-state index in [-0.39, 0.29) is 11.6 Å². The Morgan fingerprint density at radius 3 is 2.57 bits per heavy atom. The molecule has 28 heavy (non-hydrogen) atoms. The maximum atomic E-state index is 14.0. The van der Waals surface area contributed by atoms with Gasteiger partial charge >= 0.3 is 0 Å². The van der Waals surface area contributed by atoms with Gasteiger partial charge in [-0.3, -0.25) is 4.98 Å². The molecule has 150 valence electrons. The van der Waals surface area contributed by atoms with Gasteiger partial charge in [-0.25, -0.2) is 12.8 Å². The zero-order valence-electron chi connectivity index (χ0n) is 16.3. The van der Waals surface area contributed by atoms with Gasteiger partial charge in [0.15, 0.2) is 0 Å². The number of unbranched alkanes of at least 4 members (excludes halogenated alkanes) is 2. The van der Waals surface area contributed by atoms with Crippen molar-refractivity contribution in [3.63, 3.8) is 0 Å². The third-order valence-corrected chi connectivity index (χ3v) is 7.13. The van der Waals surface area contributed by atoms with E-state index in [2.05, 4.69) is 11.1 Å². The van der Waals surface area contributed by atoms with Crippen molar-refractivity contribution in [2.24, 2.45) is 0 Å². The molecule has 0 bridgehead atoms. The summed E-state index contributed by atoms with van der Waals surface area (Å²) < 4.78 is 40.6. The minimum atomic E-state index is -3.26. The number of nitriles is 1. The molecule has 8 heteroatoms. The third-order valence-electron chi connectivity index (χ3n) is 5.17. The summed E-state index contributed by atoms with van der Waals surface area (Å²) in [5.41, 5.74) is 2.37. The number of rotatable bonds is 6. The molecule has 1 aromatic carbocycles. The Kier molecular flexibility index (Phi) is 6.16. The van der Waals surface area contributed by atoms with E-state index in [0.717, 1.165) is 12.8 Å². The summed E-state index contributed by atoms with van der Waals surface area (Å²) in [6.07, 6.45) is 4.06. The van der Waals surface area contributed by atoms with Crippen LogP contribution in [0.25, 0.3) is 10.9 Å². The average molecular weight is 405 g/mol. The van der Waals surface area contributed by atoms with Crippen LogP contribution in [0.2, 0.25) is 0 Å². The van der Waals surface area contributed by atoms with Crippen molar-refractivity contribution >= 4 is 26.6 Å². The maximum Gasteiger partial charge on any atom is 0.214 e. The Hall–Kier alpha value is -2.24. The van der Waals surface area contributed by atoms with Gasteiger partial charge in [0.25, 0.3) is 0 Å². The summed E-state index contributed by atoms with van der Waals surface area (Å²) in [6, 6.07) is 4.97. The van der Waals surface area contributed by atoms with E-state index in [1.165, 1.54) is 22.6 Å². The molecule has 0 amide bonds. The quantitative estimate of drug-likeness (QED) is 0.691. The number of sulfonamides is 1. The Labute approximate surface area is 165 Å². The first-order valence-electron chi connectivity index (χ1n) is 9.59. The molecule has 0 radical (unpaired) electrons. The number of aryl methyl sites for hydroxylation is 1. The van der Waals surface area contributed by atoms with Gasteiger partial charge in [0.05, 0.1) is 22.5 Å². The van der Waals surface area contributed by atoms with Gasteiger partial charge in [-0.2, -0.15) is 9.57 Å². The van der Waals surface area contributed by atoms with Crippen LogP contribution in [-0.4, -0.2) is 49.6 Å². The zero-order valence-corrected chi connectivity index (χ0v) is 17.1. The van der Waals surface area contributed by atoms with Crippen molar-refractivity contribution in [2.75, 3.05) is 36.8 Å². The molecule has 2 aromatic rings. The van der Waals surface area contributed by atoms with Crippen LogP contribution < -0.4 is 4.90 Å². The van der Waals surface area contributed by atoms with Gasteiger partial charge in [0, 0.05) is 37.8 Å². The fourth-order valence-corrected chi connectivity index (χ4v) is 5.25. The van der Waals surface area contributed by atoms with Crippen molar-refractivity contribution in [3.8, 4) is 6.07 Å². The molecule has 2 heterocycles. The van der Waals surface area contributed by atoms with Crippen molar-refractivity contribution < 1.29 is 12.8 Å². The highest BCUT2D eigenvalue weighted by atomic mass is 32.2. The largest absolute Gasteiger partial charge is 0.367 e. The van der Waals surface area contributed by atoms with Crippen LogP contribution in [0.4, 0.5) is 10.1 Å². The van der Waals surface area contributed by atoms with Crippen LogP contribution in [-0.2, 0) is 10.0 Å². The number of piperazine rings is 1. The Morgan fingerprint density at radius 1 is 1.21 bits per heavy atom. The second-order valence-electron chi connectivity index (χ2n) is 7.16. The lowest BCUT2D eigenvalue weighted by Gasteiger charge is -2.36. The molecule has 0 unspecified atom stereocenters.